The molecular weight excluding hydrogens is 178 g/mol. The number of ether oxygens (including phenoxy) is 1. The number of methoxy groups -OCH3 is 1. The van der Waals surface area contributed by atoms with Crippen molar-refractivity contribution in [2.75, 3.05) is 33.9 Å². The minimum absolute atomic E-state index is 0.109. The van der Waals surface area contributed by atoms with Gasteiger partial charge in [0, 0.05) is 20.3 Å². The van der Waals surface area contributed by atoms with Gasteiger partial charge in [-0.1, -0.05) is 6.92 Å². The fraction of sp³-hybridized carbons (Fsp3) is 1.00. The van der Waals surface area contributed by atoms with E-state index in [1.807, 2.05) is 6.92 Å². The molecule has 0 spiro atoms. The van der Waals surface area contributed by atoms with Crippen LogP contribution >= 0.6 is 0 Å². The van der Waals surface area contributed by atoms with Crippen LogP contribution < -0.4 is 0 Å². The van der Waals surface area contributed by atoms with E-state index in [0.29, 0.717) is 0 Å². The molecule has 3 heteroatoms. The molecule has 0 aliphatic rings. The first kappa shape index (κ1) is 13.9. The number of nitrogens with zero attached hydrogens (tertiary/aromatic N) is 1. The van der Waals surface area contributed by atoms with E-state index >= 15 is 0 Å². The summed E-state index contributed by atoms with van der Waals surface area (Å²) in [7, 11) is 3.85. The predicted molar refractivity (Wildman–Crippen MR) is 59.5 cm³/mol. The van der Waals surface area contributed by atoms with Crippen molar-refractivity contribution in [2.45, 2.75) is 38.7 Å². The van der Waals surface area contributed by atoms with Crippen LogP contribution in [0, 0.1) is 0 Å². The molecule has 0 aromatic heterocycles. The van der Waals surface area contributed by atoms with Crippen molar-refractivity contribution in [3.8, 4) is 0 Å². The van der Waals surface area contributed by atoms with Gasteiger partial charge in [0.1, 0.15) is 0 Å². The van der Waals surface area contributed by atoms with Gasteiger partial charge in [-0.3, -0.25) is 0 Å². The average molecular weight is 203 g/mol. The number of aliphatic hydroxyl groups excluding tert-OH is 1. The van der Waals surface area contributed by atoms with Gasteiger partial charge in [0.25, 0.3) is 0 Å². The third-order valence-corrected chi connectivity index (χ3v) is 2.44. The molecule has 0 radical (unpaired) electrons. The van der Waals surface area contributed by atoms with Crippen LogP contribution in [-0.4, -0.2) is 50.0 Å². The summed E-state index contributed by atoms with van der Waals surface area (Å²) in [5.41, 5.74) is 0. The SMILES string of the molecule is CCC(O)CCCN(C)CCCOC. The van der Waals surface area contributed by atoms with Crippen molar-refractivity contribution in [2.24, 2.45) is 0 Å². The molecule has 1 N–H and O–H groups in total. The molecule has 0 saturated heterocycles. The second-order valence-corrected chi connectivity index (χ2v) is 3.85. The van der Waals surface area contributed by atoms with E-state index in [0.717, 1.165) is 45.4 Å². The molecule has 14 heavy (non-hydrogen) atoms. The summed E-state index contributed by atoms with van der Waals surface area (Å²) in [6.45, 7) is 5.01. The Kier molecular flexibility index (Phi) is 9.35. The largest absolute Gasteiger partial charge is 0.393 e. The Balaban J connectivity index is 3.21. The molecular formula is C11H25NO2. The van der Waals surface area contributed by atoms with Crippen molar-refractivity contribution < 1.29 is 9.84 Å². The Morgan fingerprint density at radius 2 is 1.93 bits per heavy atom. The van der Waals surface area contributed by atoms with E-state index in [1.54, 1.807) is 7.11 Å². The lowest BCUT2D eigenvalue weighted by molar-refractivity contribution is 0.148. The van der Waals surface area contributed by atoms with Gasteiger partial charge in [0.2, 0.25) is 0 Å². The smallest absolute Gasteiger partial charge is 0.0538 e. The van der Waals surface area contributed by atoms with E-state index in [4.69, 9.17) is 4.74 Å². The predicted octanol–water partition coefficient (Wildman–Crippen LogP) is 1.51. The summed E-state index contributed by atoms with van der Waals surface area (Å²) < 4.78 is 4.99. The van der Waals surface area contributed by atoms with Crippen molar-refractivity contribution in [3.05, 3.63) is 0 Å². The van der Waals surface area contributed by atoms with Gasteiger partial charge in [-0.2, -0.15) is 0 Å². The minimum Gasteiger partial charge on any atom is -0.393 e. The molecule has 1 atom stereocenters. The quantitative estimate of drug-likeness (QED) is 0.577. The van der Waals surface area contributed by atoms with Gasteiger partial charge in [0.05, 0.1) is 6.10 Å². The van der Waals surface area contributed by atoms with Gasteiger partial charge < -0.3 is 14.7 Å². The normalized spacial score (nSPS) is 13.5. The van der Waals surface area contributed by atoms with Crippen LogP contribution in [0.5, 0.6) is 0 Å². The highest BCUT2D eigenvalue weighted by Crippen LogP contribution is 2.02. The molecule has 1 unspecified atom stereocenters. The van der Waals surface area contributed by atoms with Gasteiger partial charge in [0.15, 0.2) is 0 Å². The highest BCUT2D eigenvalue weighted by Gasteiger charge is 2.02. The molecule has 0 bridgehead atoms. The maximum absolute atomic E-state index is 9.35. The zero-order valence-electron chi connectivity index (χ0n) is 9.83. The Morgan fingerprint density at radius 3 is 2.50 bits per heavy atom. The lowest BCUT2D eigenvalue weighted by atomic mass is 10.1. The second kappa shape index (κ2) is 9.44. The molecule has 3 nitrogen and oxygen atoms in total. The van der Waals surface area contributed by atoms with Gasteiger partial charge in [-0.05, 0) is 39.3 Å². The molecule has 0 aliphatic heterocycles. The molecule has 0 rings (SSSR count). The third-order valence-electron chi connectivity index (χ3n) is 2.44. The Morgan fingerprint density at radius 1 is 1.29 bits per heavy atom. The lowest BCUT2D eigenvalue weighted by Crippen LogP contribution is -2.22. The maximum Gasteiger partial charge on any atom is 0.0538 e. The fourth-order valence-electron chi connectivity index (χ4n) is 1.39. The molecule has 0 aromatic carbocycles. The molecule has 0 fully saturated rings. The topological polar surface area (TPSA) is 32.7 Å². The zero-order valence-corrected chi connectivity index (χ0v) is 9.83. The molecule has 0 saturated carbocycles. The zero-order chi connectivity index (χ0) is 10.8. The van der Waals surface area contributed by atoms with Gasteiger partial charge in [-0.25, -0.2) is 0 Å². The highest BCUT2D eigenvalue weighted by molar-refractivity contribution is 4.56. The van der Waals surface area contributed by atoms with Gasteiger partial charge in [-0.15, -0.1) is 0 Å². The minimum atomic E-state index is -0.109. The monoisotopic (exact) mass is 203 g/mol. The fourth-order valence-corrected chi connectivity index (χ4v) is 1.39. The summed E-state index contributed by atoms with van der Waals surface area (Å²) in [5.74, 6) is 0. The number of hydrogen-bond donors (Lipinski definition) is 1. The summed E-state index contributed by atoms with van der Waals surface area (Å²) in [6, 6.07) is 0. The van der Waals surface area contributed by atoms with Crippen LogP contribution in [0.2, 0.25) is 0 Å². The van der Waals surface area contributed by atoms with E-state index in [2.05, 4.69) is 11.9 Å². The first-order valence-electron chi connectivity index (χ1n) is 5.56. The first-order valence-corrected chi connectivity index (χ1v) is 5.56. The van der Waals surface area contributed by atoms with Crippen molar-refractivity contribution in [1.82, 2.24) is 4.90 Å². The Labute approximate surface area is 88.1 Å². The Bertz CT molecular complexity index is 120. The van der Waals surface area contributed by atoms with Crippen LogP contribution in [0.4, 0.5) is 0 Å². The summed E-state index contributed by atoms with van der Waals surface area (Å²) >= 11 is 0. The summed E-state index contributed by atoms with van der Waals surface area (Å²) in [6.07, 6.45) is 3.85. The summed E-state index contributed by atoms with van der Waals surface area (Å²) in [4.78, 5) is 2.29. The van der Waals surface area contributed by atoms with Gasteiger partial charge >= 0.3 is 0 Å². The first-order chi connectivity index (χ1) is 6.70. The van der Waals surface area contributed by atoms with E-state index in [1.165, 1.54) is 0 Å². The number of aliphatic hydroxyl groups is 1. The molecule has 0 aromatic rings. The number of rotatable bonds is 9. The van der Waals surface area contributed by atoms with Crippen LogP contribution in [-0.2, 0) is 4.74 Å². The lowest BCUT2D eigenvalue weighted by Gasteiger charge is -2.16. The van der Waals surface area contributed by atoms with Crippen LogP contribution in [0.3, 0.4) is 0 Å². The van der Waals surface area contributed by atoms with E-state index < -0.39 is 0 Å². The maximum atomic E-state index is 9.35. The third kappa shape index (κ3) is 8.48. The highest BCUT2D eigenvalue weighted by atomic mass is 16.5. The van der Waals surface area contributed by atoms with Crippen molar-refractivity contribution in [1.29, 1.82) is 0 Å². The average Bonchev–Trinajstić information content (AvgIpc) is 2.18. The molecule has 0 heterocycles. The van der Waals surface area contributed by atoms with Crippen LogP contribution in [0.25, 0.3) is 0 Å². The molecule has 0 amide bonds. The van der Waals surface area contributed by atoms with Crippen LogP contribution in [0.15, 0.2) is 0 Å². The van der Waals surface area contributed by atoms with Crippen molar-refractivity contribution in [3.63, 3.8) is 0 Å². The van der Waals surface area contributed by atoms with Crippen LogP contribution in [0.1, 0.15) is 32.6 Å². The summed E-state index contributed by atoms with van der Waals surface area (Å²) in [5, 5.41) is 9.35. The van der Waals surface area contributed by atoms with Crippen molar-refractivity contribution >= 4 is 0 Å². The second-order valence-electron chi connectivity index (χ2n) is 3.85. The Hall–Kier alpha value is -0.120. The van der Waals surface area contributed by atoms with E-state index in [9.17, 15) is 5.11 Å². The molecule has 0 aliphatic carbocycles. The number of hydrogen-bond acceptors (Lipinski definition) is 3. The standard InChI is InChI=1S/C11H25NO2/c1-4-11(13)7-5-8-12(2)9-6-10-14-3/h11,13H,4-10H2,1-3H3. The van der Waals surface area contributed by atoms with E-state index in [-0.39, 0.29) is 6.10 Å². The molecule has 86 valence electrons.